The van der Waals surface area contributed by atoms with E-state index in [9.17, 15) is 5.11 Å². The van der Waals surface area contributed by atoms with Gasteiger partial charge in [0.05, 0.1) is 0 Å². The van der Waals surface area contributed by atoms with Crippen LogP contribution >= 0.6 is 12.4 Å². The van der Waals surface area contributed by atoms with Gasteiger partial charge in [-0.1, -0.05) is 24.1 Å². The van der Waals surface area contributed by atoms with E-state index >= 15 is 0 Å². The number of hydrogen-bond acceptors (Lipinski definition) is 2. The lowest BCUT2D eigenvalue weighted by atomic mass is 9.95. The third kappa shape index (κ3) is 2.86. The van der Waals surface area contributed by atoms with Gasteiger partial charge in [0.25, 0.3) is 0 Å². The molecule has 1 aliphatic rings. The summed E-state index contributed by atoms with van der Waals surface area (Å²) in [6.07, 6.45) is 3.64. The van der Waals surface area contributed by atoms with Crippen molar-refractivity contribution in [3.05, 3.63) is 29.3 Å². The topological polar surface area (TPSA) is 32.3 Å². The molecule has 1 aromatic rings. The summed E-state index contributed by atoms with van der Waals surface area (Å²) in [5.41, 5.74) is 2.27. The SMILES string of the molecule is Cc1ccc(O)c([C@H]2CCCCN2)c1.Cl. The summed E-state index contributed by atoms with van der Waals surface area (Å²) in [7, 11) is 0. The molecule has 0 aromatic heterocycles. The van der Waals surface area contributed by atoms with Crippen molar-refractivity contribution < 1.29 is 5.11 Å². The van der Waals surface area contributed by atoms with Crippen LogP contribution in [0.25, 0.3) is 0 Å². The zero-order chi connectivity index (χ0) is 9.97. The van der Waals surface area contributed by atoms with Crippen molar-refractivity contribution >= 4 is 12.4 Å². The Hall–Kier alpha value is -0.730. The highest BCUT2D eigenvalue weighted by Crippen LogP contribution is 2.30. The molecule has 0 saturated carbocycles. The molecule has 0 radical (unpaired) electrons. The molecule has 1 aromatic carbocycles. The number of piperidine rings is 1. The molecule has 0 aliphatic carbocycles. The molecule has 1 fully saturated rings. The van der Waals surface area contributed by atoms with E-state index in [4.69, 9.17) is 0 Å². The maximum Gasteiger partial charge on any atom is 0.120 e. The predicted molar refractivity (Wildman–Crippen MR) is 64.7 cm³/mol. The standard InChI is InChI=1S/C12H17NO.ClH/c1-9-5-6-12(14)10(8-9)11-4-2-3-7-13-11;/h5-6,8,11,13-14H,2-4,7H2,1H3;1H/t11-;/m1./s1. The van der Waals surface area contributed by atoms with Crippen LogP contribution in [0.5, 0.6) is 5.75 Å². The second kappa shape index (κ2) is 5.38. The fourth-order valence-corrected chi connectivity index (χ4v) is 2.07. The van der Waals surface area contributed by atoms with Gasteiger partial charge in [-0.25, -0.2) is 0 Å². The van der Waals surface area contributed by atoms with Crippen LogP contribution in [-0.4, -0.2) is 11.7 Å². The Morgan fingerprint density at radius 2 is 2.13 bits per heavy atom. The number of phenols is 1. The molecule has 1 heterocycles. The third-order valence-electron chi connectivity index (χ3n) is 2.87. The second-order valence-electron chi connectivity index (χ2n) is 4.06. The number of rotatable bonds is 1. The summed E-state index contributed by atoms with van der Waals surface area (Å²) in [6.45, 7) is 3.13. The van der Waals surface area contributed by atoms with Gasteiger partial charge in [0.2, 0.25) is 0 Å². The zero-order valence-electron chi connectivity index (χ0n) is 8.99. The quantitative estimate of drug-likeness (QED) is 0.773. The maximum absolute atomic E-state index is 9.75. The molecular weight excluding hydrogens is 210 g/mol. The lowest BCUT2D eigenvalue weighted by Crippen LogP contribution is -2.26. The van der Waals surface area contributed by atoms with E-state index in [0.717, 1.165) is 18.5 Å². The van der Waals surface area contributed by atoms with Gasteiger partial charge < -0.3 is 10.4 Å². The van der Waals surface area contributed by atoms with Crippen molar-refractivity contribution in [2.45, 2.75) is 32.2 Å². The monoisotopic (exact) mass is 227 g/mol. The Labute approximate surface area is 97.1 Å². The van der Waals surface area contributed by atoms with Crippen molar-refractivity contribution in [3.8, 4) is 5.75 Å². The highest BCUT2D eigenvalue weighted by atomic mass is 35.5. The molecule has 0 spiro atoms. The number of hydrogen-bond donors (Lipinski definition) is 2. The lowest BCUT2D eigenvalue weighted by molar-refractivity contribution is 0.391. The summed E-state index contributed by atoms with van der Waals surface area (Å²) >= 11 is 0. The van der Waals surface area contributed by atoms with Gasteiger partial charge in [0.15, 0.2) is 0 Å². The fraction of sp³-hybridized carbons (Fsp3) is 0.500. The van der Waals surface area contributed by atoms with Crippen LogP contribution in [0.15, 0.2) is 18.2 Å². The van der Waals surface area contributed by atoms with E-state index in [1.165, 1.54) is 18.4 Å². The van der Waals surface area contributed by atoms with Crippen LogP contribution in [0.3, 0.4) is 0 Å². The molecule has 84 valence electrons. The van der Waals surface area contributed by atoms with Gasteiger partial charge in [-0.05, 0) is 32.4 Å². The molecule has 1 saturated heterocycles. The number of halogens is 1. The minimum absolute atomic E-state index is 0. The molecule has 1 aliphatic heterocycles. The first-order valence-electron chi connectivity index (χ1n) is 5.30. The molecule has 2 rings (SSSR count). The minimum Gasteiger partial charge on any atom is -0.508 e. The van der Waals surface area contributed by atoms with Crippen LogP contribution in [0.4, 0.5) is 0 Å². The van der Waals surface area contributed by atoms with Crippen LogP contribution in [0.2, 0.25) is 0 Å². The van der Waals surface area contributed by atoms with Crippen LogP contribution in [0, 0.1) is 6.92 Å². The van der Waals surface area contributed by atoms with E-state index in [1.807, 2.05) is 6.07 Å². The average molecular weight is 228 g/mol. The largest absolute Gasteiger partial charge is 0.508 e. The van der Waals surface area contributed by atoms with E-state index < -0.39 is 0 Å². The minimum atomic E-state index is 0. The van der Waals surface area contributed by atoms with Gasteiger partial charge >= 0.3 is 0 Å². The maximum atomic E-state index is 9.75. The summed E-state index contributed by atoms with van der Waals surface area (Å²) in [6, 6.07) is 6.17. The number of aryl methyl sites for hydroxylation is 1. The molecule has 15 heavy (non-hydrogen) atoms. The van der Waals surface area contributed by atoms with Crippen molar-refractivity contribution in [1.82, 2.24) is 5.32 Å². The first-order valence-corrected chi connectivity index (χ1v) is 5.30. The smallest absolute Gasteiger partial charge is 0.120 e. The highest BCUT2D eigenvalue weighted by Gasteiger charge is 2.17. The molecule has 2 N–H and O–H groups in total. The summed E-state index contributed by atoms with van der Waals surface area (Å²) in [5.74, 6) is 0.426. The molecular formula is C12H18ClNO. The Balaban J connectivity index is 0.00000112. The summed E-state index contributed by atoms with van der Waals surface area (Å²) in [5, 5.41) is 13.2. The van der Waals surface area contributed by atoms with Crippen molar-refractivity contribution in [2.75, 3.05) is 6.54 Å². The lowest BCUT2D eigenvalue weighted by Gasteiger charge is -2.24. The Bertz CT molecular complexity index is 321. The number of benzene rings is 1. The molecule has 0 bridgehead atoms. The van der Waals surface area contributed by atoms with E-state index in [2.05, 4.69) is 18.3 Å². The van der Waals surface area contributed by atoms with Crippen LogP contribution in [0.1, 0.15) is 36.4 Å². The Morgan fingerprint density at radius 1 is 1.33 bits per heavy atom. The number of nitrogens with one attached hydrogen (secondary N) is 1. The Morgan fingerprint density at radius 3 is 2.80 bits per heavy atom. The van der Waals surface area contributed by atoms with Crippen molar-refractivity contribution in [1.29, 1.82) is 0 Å². The number of aromatic hydroxyl groups is 1. The van der Waals surface area contributed by atoms with E-state index in [0.29, 0.717) is 11.8 Å². The van der Waals surface area contributed by atoms with Gasteiger partial charge in [-0.3, -0.25) is 0 Å². The van der Waals surface area contributed by atoms with Gasteiger partial charge in [0, 0.05) is 11.6 Å². The van der Waals surface area contributed by atoms with Crippen molar-refractivity contribution in [2.24, 2.45) is 0 Å². The van der Waals surface area contributed by atoms with Gasteiger partial charge in [0.1, 0.15) is 5.75 Å². The molecule has 0 amide bonds. The molecule has 2 nitrogen and oxygen atoms in total. The van der Waals surface area contributed by atoms with Gasteiger partial charge in [-0.2, -0.15) is 0 Å². The summed E-state index contributed by atoms with van der Waals surface area (Å²) in [4.78, 5) is 0. The first-order chi connectivity index (χ1) is 6.77. The van der Waals surface area contributed by atoms with Crippen molar-refractivity contribution in [3.63, 3.8) is 0 Å². The highest BCUT2D eigenvalue weighted by molar-refractivity contribution is 5.85. The van der Waals surface area contributed by atoms with Crippen LogP contribution < -0.4 is 5.32 Å². The van der Waals surface area contributed by atoms with Crippen LogP contribution in [-0.2, 0) is 0 Å². The fourth-order valence-electron chi connectivity index (χ4n) is 2.07. The molecule has 3 heteroatoms. The molecule has 1 atom stereocenters. The van der Waals surface area contributed by atoms with Gasteiger partial charge in [-0.15, -0.1) is 12.4 Å². The number of phenolic OH excluding ortho intramolecular Hbond substituents is 1. The first kappa shape index (κ1) is 12.3. The second-order valence-corrected chi connectivity index (χ2v) is 4.06. The Kier molecular flexibility index (Phi) is 4.43. The normalized spacial score (nSPS) is 20.7. The van der Waals surface area contributed by atoms with E-state index in [1.54, 1.807) is 6.07 Å². The zero-order valence-corrected chi connectivity index (χ0v) is 9.81. The van der Waals surface area contributed by atoms with E-state index in [-0.39, 0.29) is 12.4 Å². The molecule has 0 unspecified atom stereocenters. The summed E-state index contributed by atoms with van der Waals surface area (Å²) < 4.78 is 0. The predicted octanol–water partition coefficient (Wildman–Crippen LogP) is 2.94. The third-order valence-corrected chi connectivity index (χ3v) is 2.87. The average Bonchev–Trinajstić information content (AvgIpc) is 2.23.